The van der Waals surface area contributed by atoms with Crippen LogP contribution in [0.1, 0.15) is 0 Å². The lowest BCUT2D eigenvalue weighted by Crippen LogP contribution is -2.37. The zero-order valence-electron chi connectivity index (χ0n) is 7.08. The molecule has 2 heterocycles. The minimum absolute atomic E-state index is 0.0604. The van der Waals surface area contributed by atoms with E-state index < -0.39 is 22.6 Å². The molecule has 0 radical (unpaired) electrons. The highest BCUT2D eigenvalue weighted by atomic mass is 16.6. The number of hydrogen-bond donors (Lipinski definition) is 0. The summed E-state index contributed by atoms with van der Waals surface area (Å²) in [7, 11) is 0. The fourth-order valence-electron chi connectivity index (χ4n) is 1.00. The van der Waals surface area contributed by atoms with Gasteiger partial charge < -0.3 is 10.1 Å². The Morgan fingerprint density at radius 3 is 2.47 bits per heavy atom. The second kappa shape index (κ2) is 3.01. The van der Waals surface area contributed by atoms with Crippen molar-refractivity contribution in [2.45, 2.75) is 0 Å². The molecule has 2 amide bonds. The Kier molecular flexibility index (Phi) is 1.82. The molecule has 0 aliphatic carbocycles. The van der Waals surface area contributed by atoms with Crippen LogP contribution in [0.4, 0.5) is 5.82 Å². The minimum atomic E-state index is -1.07. The van der Waals surface area contributed by atoms with E-state index in [-0.39, 0.29) is 10.8 Å². The fraction of sp³-hybridized carbons (Fsp3) is 0. The molecule has 0 saturated heterocycles. The molecule has 1 aromatic rings. The molecule has 1 aliphatic rings. The Balaban J connectivity index is 2.75. The van der Waals surface area contributed by atoms with Crippen LogP contribution in [-0.2, 0) is 9.59 Å². The van der Waals surface area contributed by atoms with Crippen molar-refractivity contribution in [3.8, 4) is 0 Å². The van der Waals surface area contributed by atoms with Crippen molar-refractivity contribution in [2.24, 2.45) is 9.98 Å². The second-order valence-electron chi connectivity index (χ2n) is 2.60. The van der Waals surface area contributed by atoms with Gasteiger partial charge in [-0.2, -0.15) is 9.98 Å². The summed E-state index contributed by atoms with van der Waals surface area (Å²) in [5, 5.41) is 10.4. The molecule has 0 bridgehead atoms. The van der Waals surface area contributed by atoms with Gasteiger partial charge in [-0.1, -0.05) is 0 Å². The van der Waals surface area contributed by atoms with Crippen LogP contribution in [0.25, 0.3) is 0 Å². The largest absolute Gasteiger partial charge is 0.366 e. The number of hydrogen-bond acceptors (Lipinski definition) is 5. The van der Waals surface area contributed by atoms with E-state index in [1.54, 1.807) is 0 Å². The fourth-order valence-corrected chi connectivity index (χ4v) is 1.00. The van der Waals surface area contributed by atoms with Crippen LogP contribution in [0.3, 0.4) is 0 Å². The number of carbonyl (C=O) groups excluding carboxylic acids is 2. The van der Waals surface area contributed by atoms with E-state index in [2.05, 4.69) is 15.0 Å². The van der Waals surface area contributed by atoms with Gasteiger partial charge in [-0.25, -0.2) is 0 Å². The lowest BCUT2D eigenvalue weighted by atomic mass is 10.4. The van der Waals surface area contributed by atoms with Crippen LogP contribution in [0, 0.1) is 10.1 Å². The van der Waals surface area contributed by atoms with Gasteiger partial charge in [0, 0.05) is 6.07 Å². The molecular formula is C7H2N4O4. The van der Waals surface area contributed by atoms with Crippen LogP contribution in [-0.4, -0.2) is 21.7 Å². The number of fused-ring (bicyclic) bond motifs is 1. The van der Waals surface area contributed by atoms with Crippen LogP contribution < -0.4 is 10.8 Å². The van der Waals surface area contributed by atoms with E-state index in [9.17, 15) is 19.7 Å². The Hall–Kier alpha value is -2.51. The molecule has 0 unspecified atom stereocenters. The number of rotatable bonds is 1. The smallest absolute Gasteiger partial charge is 0.358 e. The summed E-state index contributed by atoms with van der Waals surface area (Å²) >= 11 is 0. The third-order valence-electron chi connectivity index (χ3n) is 1.64. The zero-order chi connectivity index (χ0) is 11.0. The summed E-state index contributed by atoms with van der Waals surface area (Å²) in [5.74, 6) is -2.52. The first-order valence-electron chi connectivity index (χ1n) is 3.75. The molecule has 0 N–H and O–H groups in total. The predicted octanol–water partition coefficient (Wildman–Crippen LogP) is -1.70. The SMILES string of the molecule is O=C1N=c2ccc([N+](=O)[O-])nc2=NC1=O. The zero-order valence-corrected chi connectivity index (χ0v) is 7.08. The molecule has 2 rings (SSSR count). The highest BCUT2D eigenvalue weighted by molar-refractivity contribution is 6.36. The Morgan fingerprint density at radius 2 is 1.80 bits per heavy atom. The first kappa shape index (κ1) is 9.06. The van der Waals surface area contributed by atoms with Crippen LogP contribution >= 0.6 is 0 Å². The minimum Gasteiger partial charge on any atom is -0.358 e. The monoisotopic (exact) mass is 206 g/mol. The number of pyridine rings is 1. The van der Waals surface area contributed by atoms with Gasteiger partial charge in [0.05, 0.1) is 0 Å². The molecule has 0 atom stereocenters. The molecule has 0 fully saturated rings. The van der Waals surface area contributed by atoms with E-state index in [1.165, 1.54) is 6.07 Å². The summed E-state index contributed by atoms with van der Waals surface area (Å²) < 4.78 is 0. The molecule has 8 heteroatoms. The van der Waals surface area contributed by atoms with Gasteiger partial charge in [0.25, 0.3) is 5.49 Å². The van der Waals surface area contributed by atoms with E-state index in [0.29, 0.717) is 0 Å². The average Bonchev–Trinajstić information content (AvgIpc) is 2.19. The van der Waals surface area contributed by atoms with Crippen molar-refractivity contribution >= 4 is 17.6 Å². The molecule has 1 aromatic heterocycles. The van der Waals surface area contributed by atoms with Gasteiger partial charge in [-0.3, -0.25) is 9.59 Å². The molecule has 74 valence electrons. The number of carbonyl (C=O) groups is 2. The third kappa shape index (κ3) is 1.47. The van der Waals surface area contributed by atoms with Gasteiger partial charge in [-0.05, 0) is 16.0 Å². The maximum atomic E-state index is 10.8. The normalized spacial score (nSPS) is 13.9. The van der Waals surface area contributed by atoms with Gasteiger partial charge in [-0.15, -0.1) is 0 Å². The summed E-state index contributed by atoms with van der Waals surface area (Å²) in [6.07, 6.45) is 0. The molecular weight excluding hydrogens is 204 g/mol. The summed E-state index contributed by atoms with van der Waals surface area (Å²) in [6.45, 7) is 0. The Labute approximate surface area is 81.1 Å². The number of nitro groups is 1. The number of nitrogens with zero attached hydrogens (tertiary/aromatic N) is 4. The molecule has 0 saturated carbocycles. The molecule has 1 aliphatic heterocycles. The van der Waals surface area contributed by atoms with Crippen molar-refractivity contribution in [1.29, 1.82) is 0 Å². The Bertz CT molecular complexity index is 606. The summed E-state index contributed by atoms with van der Waals surface area (Å²) in [5.41, 5.74) is -0.200. The van der Waals surface area contributed by atoms with Crippen molar-refractivity contribution in [1.82, 2.24) is 4.98 Å². The van der Waals surface area contributed by atoms with Gasteiger partial charge in [0.2, 0.25) is 0 Å². The second-order valence-corrected chi connectivity index (χ2v) is 2.60. The van der Waals surface area contributed by atoms with Crippen molar-refractivity contribution < 1.29 is 14.5 Å². The van der Waals surface area contributed by atoms with E-state index >= 15 is 0 Å². The molecule has 8 nitrogen and oxygen atoms in total. The number of amides is 2. The maximum absolute atomic E-state index is 10.8. The quantitative estimate of drug-likeness (QED) is 0.308. The maximum Gasteiger partial charge on any atom is 0.366 e. The summed E-state index contributed by atoms with van der Waals surface area (Å²) in [4.78, 5) is 41.3. The van der Waals surface area contributed by atoms with Crippen LogP contribution in [0.2, 0.25) is 0 Å². The number of aromatic nitrogens is 1. The van der Waals surface area contributed by atoms with Crippen molar-refractivity contribution in [3.63, 3.8) is 0 Å². The summed E-state index contributed by atoms with van der Waals surface area (Å²) in [6, 6.07) is 2.30. The highest BCUT2D eigenvalue weighted by Gasteiger charge is 2.19. The molecule has 0 spiro atoms. The standard InChI is InChI=1S/C7H2N4O4/c12-6-7(13)10-5-3(8-6)1-2-4(9-5)11(14)15/h1-2H. The Morgan fingerprint density at radius 1 is 1.13 bits per heavy atom. The topological polar surface area (TPSA) is 115 Å². The first-order chi connectivity index (χ1) is 7.08. The van der Waals surface area contributed by atoms with Crippen molar-refractivity contribution in [2.75, 3.05) is 0 Å². The van der Waals surface area contributed by atoms with E-state index in [4.69, 9.17) is 0 Å². The predicted molar refractivity (Wildman–Crippen MR) is 43.2 cm³/mol. The van der Waals surface area contributed by atoms with Crippen LogP contribution in [0.15, 0.2) is 22.1 Å². The van der Waals surface area contributed by atoms with Crippen LogP contribution in [0.5, 0.6) is 0 Å². The molecule has 0 aromatic carbocycles. The molecule has 15 heavy (non-hydrogen) atoms. The first-order valence-corrected chi connectivity index (χ1v) is 3.75. The van der Waals surface area contributed by atoms with Gasteiger partial charge in [0.1, 0.15) is 5.36 Å². The van der Waals surface area contributed by atoms with Gasteiger partial charge >= 0.3 is 17.6 Å². The van der Waals surface area contributed by atoms with E-state index in [1.807, 2.05) is 0 Å². The lowest BCUT2D eigenvalue weighted by molar-refractivity contribution is -0.389. The van der Waals surface area contributed by atoms with Gasteiger partial charge in [0.15, 0.2) is 0 Å². The van der Waals surface area contributed by atoms with E-state index in [0.717, 1.165) is 6.07 Å². The lowest BCUT2D eigenvalue weighted by Gasteiger charge is -1.93. The highest BCUT2D eigenvalue weighted by Crippen LogP contribution is 1.99. The average molecular weight is 206 g/mol. The van der Waals surface area contributed by atoms with Crippen molar-refractivity contribution in [3.05, 3.63) is 33.1 Å². The third-order valence-corrected chi connectivity index (χ3v) is 1.64.